The number of anilines is 1. The maximum absolute atomic E-state index is 12.2. The van der Waals surface area contributed by atoms with E-state index in [0.717, 1.165) is 12.0 Å². The third kappa shape index (κ3) is 6.42. The Kier molecular flexibility index (Phi) is 7.56. The number of carbonyl (C=O) groups excluding carboxylic acids is 3. The van der Waals surface area contributed by atoms with Crippen LogP contribution >= 0.6 is 0 Å². The van der Waals surface area contributed by atoms with Crippen molar-refractivity contribution < 1.29 is 19.1 Å². The van der Waals surface area contributed by atoms with Gasteiger partial charge in [-0.3, -0.25) is 25.2 Å². The third-order valence-corrected chi connectivity index (χ3v) is 3.88. The molecule has 0 aromatic heterocycles. The molecule has 0 aliphatic carbocycles. The quantitative estimate of drug-likeness (QED) is 0.641. The lowest BCUT2D eigenvalue weighted by molar-refractivity contribution is -0.128. The number of rotatable bonds is 7. The summed E-state index contributed by atoms with van der Waals surface area (Å²) in [5, 5.41) is 2.74. The predicted octanol–water partition coefficient (Wildman–Crippen LogP) is 2.96. The molecule has 0 fully saturated rings. The molecule has 1 unspecified atom stereocenters. The Morgan fingerprint density at radius 1 is 1.04 bits per heavy atom. The number of hydrazine groups is 1. The largest absolute Gasteiger partial charge is 0.481 e. The van der Waals surface area contributed by atoms with Crippen LogP contribution in [0.15, 0.2) is 48.5 Å². The van der Waals surface area contributed by atoms with Crippen molar-refractivity contribution in [2.24, 2.45) is 0 Å². The Hall–Kier alpha value is -3.35. The number of hydrogen-bond donors (Lipinski definition) is 3. The van der Waals surface area contributed by atoms with E-state index in [-0.39, 0.29) is 5.91 Å². The summed E-state index contributed by atoms with van der Waals surface area (Å²) in [4.78, 5) is 35.8. The summed E-state index contributed by atoms with van der Waals surface area (Å²) >= 11 is 0. The van der Waals surface area contributed by atoms with E-state index in [1.165, 1.54) is 0 Å². The molecule has 1 atom stereocenters. The summed E-state index contributed by atoms with van der Waals surface area (Å²) in [5.41, 5.74) is 6.68. The first-order valence-electron chi connectivity index (χ1n) is 9.12. The average Bonchev–Trinajstić information content (AvgIpc) is 2.66. The van der Waals surface area contributed by atoms with Crippen LogP contribution in [0, 0.1) is 6.92 Å². The number of nitrogens with one attached hydrogen (secondary N) is 3. The normalized spacial score (nSPS) is 11.2. The molecule has 0 heterocycles. The third-order valence-electron chi connectivity index (χ3n) is 3.88. The zero-order valence-electron chi connectivity index (χ0n) is 16.2. The summed E-state index contributed by atoms with van der Waals surface area (Å²) in [5.74, 6) is -0.440. The maximum atomic E-state index is 12.2. The molecule has 0 spiro atoms. The summed E-state index contributed by atoms with van der Waals surface area (Å²) < 4.78 is 5.56. The van der Waals surface area contributed by atoms with Crippen molar-refractivity contribution in [2.75, 3.05) is 5.32 Å². The average molecular weight is 383 g/mol. The van der Waals surface area contributed by atoms with Crippen molar-refractivity contribution in [3.63, 3.8) is 0 Å². The standard InChI is InChI=1S/C21H25N3O4/c1-4-6-19(25)22-17-11-9-16(10-12-17)21(27)24-23-20(26)15(3)28-18-8-5-7-14(2)13-18/h5,7-13,15H,4,6H2,1-3H3,(H,22,25)(H,23,26)(H,24,27). The summed E-state index contributed by atoms with van der Waals surface area (Å²) in [6.45, 7) is 5.45. The second-order valence-electron chi connectivity index (χ2n) is 6.40. The minimum atomic E-state index is -0.779. The Labute approximate surface area is 164 Å². The molecule has 0 aliphatic heterocycles. The van der Waals surface area contributed by atoms with Crippen LogP contribution in [-0.4, -0.2) is 23.8 Å². The van der Waals surface area contributed by atoms with Crippen LogP contribution < -0.4 is 20.9 Å². The van der Waals surface area contributed by atoms with Crippen LogP contribution in [0.1, 0.15) is 42.6 Å². The van der Waals surface area contributed by atoms with Gasteiger partial charge in [0.05, 0.1) is 0 Å². The van der Waals surface area contributed by atoms with Gasteiger partial charge in [-0.1, -0.05) is 19.1 Å². The zero-order chi connectivity index (χ0) is 20.5. The predicted molar refractivity (Wildman–Crippen MR) is 107 cm³/mol. The number of carbonyl (C=O) groups is 3. The molecule has 148 valence electrons. The molecule has 0 saturated carbocycles. The first-order chi connectivity index (χ1) is 13.4. The number of benzene rings is 2. The summed E-state index contributed by atoms with van der Waals surface area (Å²) in [7, 11) is 0. The molecule has 2 aromatic carbocycles. The lowest BCUT2D eigenvalue weighted by Gasteiger charge is -2.15. The van der Waals surface area contributed by atoms with Crippen LogP contribution in [-0.2, 0) is 9.59 Å². The van der Waals surface area contributed by atoms with Gasteiger partial charge in [0.2, 0.25) is 5.91 Å². The fourth-order valence-electron chi connectivity index (χ4n) is 2.39. The van der Waals surface area contributed by atoms with E-state index in [9.17, 15) is 14.4 Å². The smallest absolute Gasteiger partial charge is 0.279 e. The zero-order valence-corrected chi connectivity index (χ0v) is 16.2. The van der Waals surface area contributed by atoms with Gasteiger partial charge in [0.15, 0.2) is 6.10 Å². The summed E-state index contributed by atoms with van der Waals surface area (Å²) in [6, 6.07) is 13.7. The van der Waals surface area contributed by atoms with Crippen molar-refractivity contribution in [1.29, 1.82) is 0 Å². The molecule has 7 heteroatoms. The topological polar surface area (TPSA) is 96.5 Å². The second-order valence-corrected chi connectivity index (χ2v) is 6.40. The lowest BCUT2D eigenvalue weighted by atomic mass is 10.2. The molecular formula is C21H25N3O4. The molecule has 3 amide bonds. The SMILES string of the molecule is CCCC(=O)Nc1ccc(C(=O)NNC(=O)C(C)Oc2cccc(C)c2)cc1. The first-order valence-corrected chi connectivity index (χ1v) is 9.12. The molecule has 3 N–H and O–H groups in total. The molecule has 28 heavy (non-hydrogen) atoms. The van der Waals surface area contributed by atoms with Crippen molar-refractivity contribution in [2.45, 2.75) is 39.7 Å². The minimum Gasteiger partial charge on any atom is -0.481 e. The Balaban J connectivity index is 1.83. The van der Waals surface area contributed by atoms with E-state index in [1.54, 1.807) is 37.3 Å². The monoisotopic (exact) mass is 383 g/mol. The highest BCUT2D eigenvalue weighted by Gasteiger charge is 2.16. The van der Waals surface area contributed by atoms with Gasteiger partial charge in [-0.15, -0.1) is 0 Å². The molecule has 7 nitrogen and oxygen atoms in total. The van der Waals surface area contributed by atoms with Gasteiger partial charge in [0.1, 0.15) is 5.75 Å². The number of amides is 3. The van der Waals surface area contributed by atoms with Crippen molar-refractivity contribution >= 4 is 23.4 Å². The second kappa shape index (κ2) is 10.1. The molecular weight excluding hydrogens is 358 g/mol. The molecule has 0 radical (unpaired) electrons. The van der Waals surface area contributed by atoms with E-state index in [2.05, 4.69) is 16.2 Å². The van der Waals surface area contributed by atoms with Crippen LogP contribution in [0.2, 0.25) is 0 Å². The number of aryl methyl sites for hydroxylation is 1. The maximum Gasteiger partial charge on any atom is 0.279 e. The van der Waals surface area contributed by atoms with E-state index in [4.69, 9.17) is 4.74 Å². The van der Waals surface area contributed by atoms with Gasteiger partial charge >= 0.3 is 0 Å². The molecule has 0 aliphatic rings. The van der Waals surface area contributed by atoms with Crippen molar-refractivity contribution in [1.82, 2.24) is 10.9 Å². The van der Waals surface area contributed by atoms with Gasteiger partial charge in [0, 0.05) is 17.7 Å². The Bertz CT molecular complexity index is 834. The highest BCUT2D eigenvalue weighted by Crippen LogP contribution is 2.14. The summed E-state index contributed by atoms with van der Waals surface area (Å²) in [6.07, 6.45) is 0.424. The van der Waals surface area contributed by atoms with E-state index in [0.29, 0.717) is 23.4 Å². The van der Waals surface area contributed by atoms with Gasteiger partial charge in [-0.05, 0) is 62.2 Å². The Morgan fingerprint density at radius 3 is 2.39 bits per heavy atom. The highest BCUT2D eigenvalue weighted by atomic mass is 16.5. The first kappa shape index (κ1) is 21.0. The van der Waals surface area contributed by atoms with Crippen LogP contribution in [0.25, 0.3) is 0 Å². The van der Waals surface area contributed by atoms with Crippen molar-refractivity contribution in [3.05, 3.63) is 59.7 Å². The van der Waals surface area contributed by atoms with Gasteiger partial charge in [0.25, 0.3) is 11.8 Å². The van der Waals surface area contributed by atoms with Gasteiger partial charge in [-0.2, -0.15) is 0 Å². The fourth-order valence-corrected chi connectivity index (χ4v) is 2.39. The molecule has 2 rings (SSSR count). The van der Waals surface area contributed by atoms with Crippen LogP contribution in [0.4, 0.5) is 5.69 Å². The van der Waals surface area contributed by atoms with Gasteiger partial charge < -0.3 is 10.1 Å². The van der Waals surface area contributed by atoms with Gasteiger partial charge in [-0.25, -0.2) is 0 Å². The van der Waals surface area contributed by atoms with Crippen LogP contribution in [0.3, 0.4) is 0 Å². The lowest BCUT2D eigenvalue weighted by Crippen LogP contribution is -2.47. The van der Waals surface area contributed by atoms with E-state index >= 15 is 0 Å². The van der Waals surface area contributed by atoms with Crippen LogP contribution in [0.5, 0.6) is 5.75 Å². The van der Waals surface area contributed by atoms with E-state index in [1.807, 2.05) is 32.0 Å². The van der Waals surface area contributed by atoms with Crippen molar-refractivity contribution in [3.8, 4) is 5.75 Å². The molecule has 0 saturated heterocycles. The molecule has 0 bridgehead atoms. The minimum absolute atomic E-state index is 0.0745. The fraction of sp³-hybridized carbons (Fsp3) is 0.286. The number of ether oxygens (including phenoxy) is 1. The molecule has 2 aromatic rings. The number of hydrogen-bond acceptors (Lipinski definition) is 4. The Morgan fingerprint density at radius 2 is 1.75 bits per heavy atom. The highest BCUT2D eigenvalue weighted by molar-refractivity contribution is 5.97. The van der Waals surface area contributed by atoms with E-state index < -0.39 is 17.9 Å².